The van der Waals surface area contributed by atoms with Crippen molar-refractivity contribution in [1.29, 1.82) is 0 Å². The summed E-state index contributed by atoms with van der Waals surface area (Å²) in [6.45, 7) is 18.5. The van der Waals surface area contributed by atoms with Gasteiger partial charge in [0.15, 0.2) is 0 Å². The van der Waals surface area contributed by atoms with Crippen molar-refractivity contribution >= 4 is 10.8 Å². The van der Waals surface area contributed by atoms with Crippen LogP contribution in [0, 0.1) is 27.7 Å². The van der Waals surface area contributed by atoms with Crippen LogP contribution in [-0.2, 0) is 10.8 Å². The topological polar surface area (TPSA) is 0 Å². The zero-order chi connectivity index (χ0) is 34.4. The Kier molecular flexibility index (Phi) is 5.78. The maximum absolute atomic E-state index is 2.48. The van der Waals surface area contributed by atoms with Gasteiger partial charge in [-0.25, -0.2) is 0 Å². The third kappa shape index (κ3) is 3.77. The Bertz CT molecular complexity index is 2670. The van der Waals surface area contributed by atoms with Crippen LogP contribution in [-0.4, -0.2) is 0 Å². The molecule has 0 N–H and O–H groups in total. The first-order valence-corrected chi connectivity index (χ1v) is 18.2. The molecule has 0 heterocycles. The zero-order valence-corrected chi connectivity index (χ0v) is 30.4. The summed E-state index contributed by atoms with van der Waals surface area (Å²) < 4.78 is 0. The van der Waals surface area contributed by atoms with Gasteiger partial charge in [-0.3, -0.25) is 0 Å². The molecule has 242 valence electrons. The van der Waals surface area contributed by atoms with Crippen LogP contribution in [0.4, 0.5) is 0 Å². The summed E-state index contributed by atoms with van der Waals surface area (Å²) in [4.78, 5) is 0. The van der Waals surface area contributed by atoms with Crippen LogP contribution in [0.25, 0.3) is 77.5 Å². The molecule has 0 saturated heterocycles. The van der Waals surface area contributed by atoms with E-state index in [-0.39, 0.29) is 10.8 Å². The summed E-state index contributed by atoms with van der Waals surface area (Å²) in [5, 5.41) is 2.72. The van der Waals surface area contributed by atoms with E-state index in [0.717, 1.165) is 0 Å². The van der Waals surface area contributed by atoms with Gasteiger partial charge in [0.1, 0.15) is 0 Å². The number of hydrogen-bond donors (Lipinski definition) is 0. The van der Waals surface area contributed by atoms with Gasteiger partial charge in [0.2, 0.25) is 0 Å². The van der Waals surface area contributed by atoms with E-state index in [1.165, 1.54) is 122 Å². The van der Waals surface area contributed by atoms with Gasteiger partial charge in [-0.05, 0) is 134 Å². The highest BCUT2D eigenvalue weighted by Gasteiger charge is 2.39. The Balaban J connectivity index is 1.18. The van der Waals surface area contributed by atoms with E-state index >= 15 is 0 Å². The highest BCUT2D eigenvalue weighted by atomic mass is 14.4. The normalized spacial score (nSPS) is 15.1. The molecule has 0 radical (unpaired) electrons. The highest BCUT2D eigenvalue weighted by molar-refractivity contribution is 6.20. The molecular formula is C50H42. The maximum Gasteiger partial charge on any atom is 0.0159 e. The van der Waals surface area contributed by atoms with Crippen molar-refractivity contribution in [2.75, 3.05) is 0 Å². The molecule has 0 unspecified atom stereocenters. The summed E-state index contributed by atoms with van der Waals surface area (Å²) in [6, 6.07) is 42.7. The Morgan fingerprint density at radius 1 is 0.340 bits per heavy atom. The van der Waals surface area contributed by atoms with Crippen LogP contribution >= 0.6 is 0 Å². The van der Waals surface area contributed by atoms with Crippen LogP contribution < -0.4 is 0 Å². The Morgan fingerprint density at radius 3 is 1.48 bits per heavy atom. The van der Waals surface area contributed by atoms with Gasteiger partial charge in [-0.1, -0.05) is 153 Å². The molecule has 10 rings (SSSR count). The monoisotopic (exact) mass is 642 g/mol. The minimum absolute atomic E-state index is 0.0308. The molecule has 0 saturated carbocycles. The number of benzene rings is 7. The van der Waals surface area contributed by atoms with E-state index in [4.69, 9.17) is 0 Å². The summed E-state index contributed by atoms with van der Waals surface area (Å²) in [6.07, 6.45) is 0. The minimum Gasteiger partial charge on any atom is -0.0610 e. The molecule has 0 atom stereocenters. The van der Waals surface area contributed by atoms with Crippen LogP contribution in [0.15, 0.2) is 109 Å². The van der Waals surface area contributed by atoms with Crippen molar-refractivity contribution in [2.24, 2.45) is 0 Å². The van der Waals surface area contributed by atoms with Gasteiger partial charge in [-0.2, -0.15) is 0 Å². The van der Waals surface area contributed by atoms with Crippen LogP contribution in [0.2, 0.25) is 0 Å². The first-order chi connectivity index (χ1) is 23.9. The number of fused-ring (bicyclic) bond motifs is 9. The molecule has 0 aromatic heterocycles. The zero-order valence-electron chi connectivity index (χ0n) is 30.4. The second-order valence-electron chi connectivity index (χ2n) is 16.5. The first kappa shape index (κ1) is 29.7. The van der Waals surface area contributed by atoms with Crippen LogP contribution in [0.1, 0.15) is 72.2 Å². The van der Waals surface area contributed by atoms with Crippen LogP contribution in [0.3, 0.4) is 0 Å². The average Bonchev–Trinajstić information content (AvgIpc) is 3.61. The molecule has 3 aliphatic carbocycles. The highest BCUT2D eigenvalue weighted by Crippen LogP contribution is 2.57. The standard InChI is InChI=1S/C50H42/c1-27-12-15-37-42(22-27)49(5,6)44-24-29(3)20-39(47(37)44)31-14-17-32-36-19-18-33(34-10-9-11-35(46(34)36)40(32)26-31)41-21-30(4)25-45-48(41)38-16-13-28(2)23-43(38)50(45,7)8/h9-26H,1-8H3. The molecule has 0 heteroatoms. The fraction of sp³-hybridized carbons (Fsp3) is 0.200. The molecule has 0 bridgehead atoms. The summed E-state index contributed by atoms with van der Waals surface area (Å²) in [5.41, 5.74) is 27.2. The molecule has 7 aromatic rings. The third-order valence-electron chi connectivity index (χ3n) is 12.4. The molecule has 0 spiro atoms. The number of rotatable bonds is 2. The number of aryl methyl sites for hydroxylation is 4. The van der Waals surface area contributed by atoms with Gasteiger partial charge in [0.25, 0.3) is 0 Å². The molecular weight excluding hydrogens is 601 g/mol. The molecule has 0 amide bonds. The minimum atomic E-state index is -0.0382. The Labute approximate surface area is 296 Å². The van der Waals surface area contributed by atoms with E-state index in [1.54, 1.807) is 0 Å². The van der Waals surface area contributed by atoms with Gasteiger partial charge in [0.05, 0.1) is 0 Å². The molecule has 0 fully saturated rings. The summed E-state index contributed by atoms with van der Waals surface area (Å²) in [5.74, 6) is 0. The molecule has 7 aromatic carbocycles. The Hall–Kier alpha value is -5.20. The van der Waals surface area contributed by atoms with E-state index < -0.39 is 0 Å². The Morgan fingerprint density at radius 2 is 0.840 bits per heavy atom. The lowest BCUT2D eigenvalue weighted by Crippen LogP contribution is -2.15. The summed E-state index contributed by atoms with van der Waals surface area (Å²) in [7, 11) is 0. The van der Waals surface area contributed by atoms with E-state index in [0.29, 0.717) is 0 Å². The van der Waals surface area contributed by atoms with Gasteiger partial charge in [0, 0.05) is 10.8 Å². The second kappa shape index (κ2) is 9.73. The fourth-order valence-corrected chi connectivity index (χ4v) is 9.92. The van der Waals surface area contributed by atoms with Crippen molar-refractivity contribution < 1.29 is 0 Å². The van der Waals surface area contributed by atoms with E-state index in [2.05, 4.69) is 165 Å². The maximum atomic E-state index is 2.48. The molecule has 50 heavy (non-hydrogen) atoms. The predicted molar refractivity (Wildman–Crippen MR) is 213 cm³/mol. The van der Waals surface area contributed by atoms with E-state index in [9.17, 15) is 0 Å². The quantitative estimate of drug-likeness (QED) is 0.176. The van der Waals surface area contributed by atoms with Gasteiger partial charge in [-0.15, -0.1) is 0 Å². The molecule has 0 aliphatic heterocycles. The smallest absolute Gasteiger partial charge is 0.0159 e. The molecule has 0 nitrogen and oxygen atoms in total. The van der Waals surface area contributed by atoms with Gasteiger partial charge >= 0.3 is 0 Å². The fourth-order valence-electron chi connectivity index (χ4n) is 9.92. The van der Waals surface area contributed by atoms with Crippen molar-refractivity contribution in [1.82, 2.24) is 0 Å². The predicted octanol–water partition coefficient (Wildman–Crippen LogP) is 13.7. The van der Waals surface area contributed by atoms with Crippen molar-refractivity contribution in [3.05, 3.63) is 154 Å². The van der Waals surface area contributed by atoms with Crippen LogP contribution in [0.5, 0.6) is 0 Å². The lowest BCUT2D eigenvalue weighted by atomic mass is 9.80. The molecule has 3 aliphatic rings. The first-order valence-electron chi connectivity index (χ1n) is 18.2. The third-order valence-corrected chi connectivity index (χ3v) is 12.4. The SMILES string of the molecule is Cc1ccc2c(c1)C(C)(C)c1cc(C)cc(-c3ccc4c(c3)-c3cccc5c(-c6cc(C)cc7c6-c6ccc(C)cc6C7(C)C)ccc-4c35)c1-2. The van der Waals surface area contributed by atoms with E-state index in [1.807, 2.05) is 0 Å². The van der Waals surface area contributed by atoms with Crippen molar-refractivity contribution in [3.63, 3.8) is 0 Å². The van der Waals surface area contributed by atoms with Gasteiger partial charge < -0.3 is 0 Å². The lowest BCUT2D eigenvalue weighted by Gasteiger charge is -2.23. The largest absolute Gasteiger partial charge is 0.0610 e. The van der Waals surface area contributed by atoms with Crippen molar-refractivity contribution in [2.45, 2.75) is 66.2 Å². The second-order valence-corrected chi connectivity index (χ2v) is 16.5. The van der Waals surface area contributed by atoms with Crippen molar-refractivity contribution in [3.8, 4) is 66.8 Å². The average molecular weight is 643 g/mol. The lowest BCUT2D eigenvalue weighted by molar-refractivity contribution is 0.659. The number of hydrogen-bond acceptors (Lipinski definition) is 0. The summed E-state index contributed by atoms with van der Waals surface area (Å²) >= 11 is 0.